The molecule has 1 aliphatic heterocycles. The fraction of sp³-hybridized carbons (Fsp3) is 0.833. The van der Waals surface area contributed by atoms with Crippen LogP contribution in [0.1, 0.15) is 44.4 Å². The summed E-state index contributed by atoms with van der Waals surface area (Å²) in [6, 6.07) is 0.623. The average Bonchev–Trinajstić information content (AvgIpc) is 2.84. The van der Waals surface area contributed by atoms with Gasteiger partial charge >= 0.3 is 0 Å². The fourth-order valence-corrected chi connectivity index (χ4v) is 2.05. The Morgan fingerprint density at radius 2 is 2.24 bits per heavy atom. The second-order valence-electron chi connectivity index (χ2n) is 4.43. The van der Waals surface area contributed by atoms with Crippen LogP contribution in [0.2, 0.25) is 0 Å². The second kappa shape index (κ2) is 6.71. The van der Waals surface area contributed by atoms with Crippen molar-refractivity contribution in [1.29, 1.82) is 0 Å². The molecule has 2 heterocycles. The Kier molecular flexibility index (Phi) is 4.94. The lowest BCUT2D eigenvalue weighted by Crippen LogP contribution is -2.34. The first-order chi connectivity index (χ1) is 8.38. The first-order valence-electron chi connectivity index (χ1n) is 6.51. The molecule has 17 heavy (non-hydrogen) atoms. The van der Waals surface area contributed by atoms with Gasteiger partial charge in [-0.15, -0.1) is 10.2 Å². The second-order valence-corrected chi connectivity index (χ2v) is 4.43. The third-order valence-electron chi connectivity index (χ3n) is 3.06. The van der Waals surface area contributed by atoms with Crippen LogP contribution in [-0.4, -0.2) is 29.4 Å². The van der Waals surface area contributed by atoms with Gasteiger partial charge in [0.05, 0.1) is 0 Å². The molecule has 0 aromatic carbocycles. The number of hydrogen-bond donors (Lipinski definition) is 1. The van der Waals surface area contributed by atoms with E-state index in [0.717, 1.165) is 26.0 Å². The number of aromatic nitrogens is 2. The predicted octanol–water partition coefficient (Wildman–Crippen LogP) is 1.68. The normalized spacial score (nSPS) is 20.6. The molecular formula is C12H21N3O2. The molecule has 1 atom stereocenters. The highest BCUT2D eigenvalue weighted by Crippen LogP contribution is 2.10. The van der Waals surface area contributed by atoms with Gasteiger partial charge in [0.25, 0.3) is 0 Å². The average molecular weight is 239 g/mol. The molecule has 0 radical (unpaired) electrons. The van der Waals surface area contributed by atoms with Gasteiger partial charge in [-0.3, -0.25) is 0 Å². The van der Waals surface area contributed by atoms with Gasteiger partial charge < -0.3 is 14.5 Å². The summed E-state index contributed by atoms with van der Waals surface area (Å²) in [7, 11) is 0. The summed E-state index contributed by atoms with van der Waals surface area (Å²) in [5, 5.41) is 11.3. The number of ether oxygens (including phenoxy) is 1. The summed E-state index contributed by atoms with van der Waals surface area (Å²) in [6.07, 6.45) is 5.75. The summed E-state index contributed by atoms with van der Waals surface area (Å²) < 4.78 is 10.9. The highest BCUT2D eigenvalue weighted by Gasteiger charge is 2.12. The maximum Gasteiger partial charge on any atom is 0.242 e. The lowest BCUT2D eigenvalue weighted by molar-refractivity contribution is 0.0912. The van der Waals surface area contributed by atoms with Crippen LogP contribution in [0.3, 0.4) is 0 Å². The van der Waals surface area contributed by atoms with E-state index in [2.05, 4.69) is 15.5 Å². The van der Waals surface area contributed by atoms with Crippen molar-refractivity contribution in [2.24, 2.45) is 0 Å². The van der Waals surface area contributed by atoms with Crippen LogP contribution < -0.4 is 5.32 Å². The van der Waals surface area contributed by atoms with Crippen LogP contribution >= 0.6 is 0 Å². The third-order valence-corrected chi connectivity index (χ3v) is 3.06. The van der Waals surface area contributed by atoms with Crippen molar-refractivity contribution in [3.8, 4) is 0 Å². The minimum atomic E-state index is 0.430. The summed E-state index contributed by atoms with van der Waals surface area (Å²) in [6.45, 7) is 4.32. The van der Waals surface area contributed by atoms with Crippen molar-refractivity contribution < 1.29 is 9.15 Å². The molecule has 5 heteroatoms. The number of nitrogens with one attached hydrogen (secondary N) is 1. The topological polar surface area (TPSA) is 60.2 Å². The van der Waals surface area contributed by atoms with Crippen LogP contribution in [0.15, 0.2) is 4.42 Å². The molecule has 1 aromatic rings. The highest BCUT2D eigenvalue weighted by atomic mass is 16.5. The molecule has 96 valence electrons. The molecule has 1 saturated heterocycles. The summed E-state index contributed by atoms with van der Waals surface area (Å²) >= 11 is 0. The molecule has 1 aromatic heterocycles. The Balaban J connectivity index is 1.59. The lowest BCUT2D eigenvalue weighted by atomic mass is 10.0. The standard InChI is InChI=1S/C12H21N3O2/c1-2-11-14-15-12(17-11)9-16-8-6-10-5-3-4-7-13-10/h10,13H,2-9H2,1H3. The van der Waals surface area contributed by atoms with Gasteiger partial charge in [-0.05, 0) is 25.8 Å². The van der Waals surface area contributed by atoms with Crippen molar-refractivity contribution >= 4 is 0 Å². The predicted molar refractivity (Wildman–Crippen MR) is 63.6 cm³/mol. The minimum absolute atomic E-state index is 0.430. The Morgan fingerprint density at radius 1 is 1.35 bits per heavy atom. The molecule has 0 bridgehead atoms. The van der Waals surface area contributed by atoms with E-state index in [1.807, 2.05) is 6.92 Å². The smallest absolute Gasteiger partial charge is 0.242 e. The van der Waals surface area contributed by atoms with Gasteiger partial charge in [-0.2, -0.15) is 0 Å². The minimum Gasteiger partial charge on any atom is -0.423 e. The Morgan fingerprint density at radius 3 is 2.94 bits per heavy atom. The van der Waals surface area contributed by atoms with Crippen molar-refractivity contribution in [2.45, 2.75) is 51.7 Å². The van der Waals surface area contributed by atoms with E-state index in [-0.39, 0.29) is 0 Å². The van der Waals surface area contributed by atoms with Crippen LogP contribution in [0, 0.1) is 0 Å². The number of rotatable bonds is 6. The van der Waals surface area contributed by atoms with Gasteiger partial charge in [-0.25, -0.2) is 0 Å². The molecule has 1 fully saturated rings. The SMILES string of the molecule is CCc1nnc(COCCC2CCCCN2)o1. The van der Waals surface area contributed by atoms with E-state index in [4.69, 9.17) is 9.15 Å². The van der Waals surface area contributed by atoms with Crippen LogP contribution in [-0.2, 0) is 17.8 Å². The van der Waals surface area contributed by atoms with Crippen LogP contribution in [0.4, 0.5) is 0 Å². The number of piperidine rings is 1. The molecule has 0 amide bonds. The zero-order valence-corrected chi connectivity index (χ0v) is 10.4. The van der Waals surface area contributed by atoms with Crippen LogP contribution in [0.25, 0.3) is 0 Å². The van der Waals surface area contributed by atoms with E-state index in [9.17, 15) is 0 Å². The Labute approximate surface area is 102 Å². The molecule has 2 rings (SSSR count). The number of nitrogens with zero attached hydrogens (tertiary/aromatic N) is 2. The molecular weight excluding hydrogens is 218 g/mol. The van der Waals surface area contributed by atoms with E-state index in [1.165, 1.54) is 19.3 Å². The molecule has 5 nitrogen and oxygen atoms in total. The van der Waals surface area contributed by atoms with E-state index in [1.54, 1.807) is 0 Å². The number of aryl methyl sites for hydroxylation is 1. The maximum absolute atomic E-state index is 5.54. The third kappa shape index (κ3) is 4.09. The highest BCUT2D eigenvalue weighted by molar-refractivity contribution is 4.79. The quantitative estimate of drug-likeness (QED) is 0.765. The van der Waals surface area contributed by atoms with Gasteiger partial charge in [0, 0.05) is 19.1 Å². The van der Waals surface area contributed by atoms with Gasteiger partial charge in [0.1, 0.15) is 6.61 Å². The molecule has 0 saturated carbocycles. The van der Waals surface area contributed by atoms with Crippen molar-refractivity contribution in [3.05, 3.63) is 11.8 Å². The fourth-order valence-electron chi connectivity index (χ4n) is 2.05. The van der Waals surface area contributed by atoms with Gasteiger partial charge in [0.2, 0.25) is 11.8 Å². The first kappa shape index (κ1) is 12.5. The largest absolute Gasteiger partial charge is 0.423 e. The summed E-state index contributed by atoms with van der Waals surface area (Å²) in [4.78, 5) is 0. The summed E-state index contributed by atoms with van der Waals surface area (Å²) in [5.41, 5.74) is 0. The zero-order valence-electron chi connectivity index (χ0n) is 10.4. The maximum atomic E-state index is 5.54. The van der Waals surface area contributed by atoms with Crippen molar-refractivity contribution in [1.82, 2.24) is 15.5 Å². The zero-order chi connectivity index (χ0) is 11.9. The van der Waals surface area contributed by atoms with E-state index in [0.29, 0.717) is 24.4 Å². The molecule has 1 aliphatic rings. The van der Waals surface area contributed by atoms with Crippen molar-refractivity contribution in [3.63, 3.8) is 0 Å². The molecule has 0 aliphatic carbocycles. The monoisotopic (exact) mass is 239 g/mol. The van der Waals surface area contributed by atoms with Crippen LogP contribution in [0.5, 0.6) is 0 Å². The number of hydrogen-bond acceptors (Lipinski definition) is 5. The van der Waals surface area contributed by atoms with Gasteiger partial charge in [0.15, 0.2) is 0 Å². The van der Waals surface area contributed by atoms with E-state index < -0.39 is 0 Å². The Hall–Kier alpha value is -0.940. The molecule has 1 N–H and O–H groups in total. The first-order valence-corrected chi connectivity index (χ1v) is 6.51. The Bertz CT molecular complexity index is 321. The van der Waals surface area contributed by atoms with Crippen molar-refractivity contribution in [2.75, 3.05) is 13.2 Å². The molecule has 0 spiro atoms. The van der Waals surface area contributed by atoms with E-state index >= 15 is 0 Å². The van der Waals surface area contributed by atoms with Gasteiger partial charge in [-0.1, -0.05) is 13.3 Å². The molecule has 1 unspecified atom stereocenters. The lowest BCUT2D eigenvalue weighted by Gasteiger charge is -2.22. The summed E-state index contributed by atoms with van der Waals surface area (Å²) in [5.74, 6) is 1.26.